The number of nitrogens with zero attached hydrogens (tertiary/aromatic N) is 2. The first kappa shape index (κ1) is 12.8. The van der Waals surface area contributed by atoms with Gasteiger partial charge in [-0.05, 0) is 37.8 Å². The van der Waals surface area contributed by atoms with Crippen molar-refractivity contribution in [2.45, 2.75) is 37.8 Å². The number of aryl methyl sites for hydroxylation is 1. The van der Waals surface area contributed by atoms with Gasteiger partial charge in [-0.25, -0.2) is 9.97 Å². The second-order valence-electron chi connectivity index (χ2n) is 4.75. The number of nitrogens with one attached hydrogen (secondary N) is 1. The van der Waals surface area contributed by atoms with Gasteiger partial charge in [0.05, 0.1) is 0 Å². The molecule has 1 aromatic heterocycles. The van der Waals surface area contributed by atoms with E-state index >= 15 is 0 Å². The van der Waals surface area contributed by atoms with E-state index in [2.05, 4.69) is 15.3 Å². The molecule has 17 heavy (non-hydrogen) atoms. The van der Waals surface area contributed by atoms with E-state index in [1.54, 1.807) is 11.8 Å². The molecule has 1 aliphatic carbocycles. The van der Waals surface area contributed by atoms with E-state index in [-0.39, 0.29) is 0 Å². The van der Waals surface area contributed by atoms with Gasteiger partial charge in [0.25, 0.3) is 0 Å². The molecule has 0 aliphatic heterocycles. The highest BCUT2D eigenvalue weighted by Crippen LogP contribution is 2.23. The summed E-state index contributed by atoms with van der Waals surface area (Å²) in [4.78, 5) is 8.55. The third-order valence-corrected chi connectivity index (χ3v) is 4.05. The quantitative estimate of drug-likeness (QED) is 0.479. The molecule has 0 spiro atoms. The molecule has 0 aromatic carbocycles. The summed E-state index contributed by atoms with van der Waals surface area (Å²) < 4.78 is 0. The average Bonchev–Trinajstić information content (AvgIpc) is 2.84. The lowest BCUT2D eigenvalue weighted by molar-refractivity contribution is 0.500. The largest absolute Gasteiger partial charge is 0.316 e. The fourth-order valence-corrected chi connectivity index (χ4v) is 2.87. The molecule has 1 saturated carbocycles. The smallest absolute Gasteiger partial charge is 0.187 e. The summed E-state index contributed by atoms with van der Waals surface area (Å²) >= 11 is 1.73. The Morgan fingerprint density at radius 3 is 2.71 bits per heavy atom. The van der Waals surface area contributed by atoms with E-state index in [1.807, 2.05) is 19.3 Å². The second kappa shape index (κ2) is 6.97. The predicted molar refractivity (Wildman–Crippen MR) is 72.3 cm³/mol. The minimum absolute atomic E-state index is 0.887. The van der Waals surface area contributed by atoms with Crippen molar-refractivity contribution in [3.8, 4) is 0 Å². The minimum atomic E-state index is 0.887. The molecule has 1 aliphatic rings. The summed E-state index contributed by atoms with van der Waals surface area (Å²) in [5.41, 5.74) is 1.12. The van der Waals surface area contributed by atoms with Crippen LogP contribution >= 0.6 is 11.8 Å². The van der Waals surface area contributed by atoms with E-state index in [1.165, 1.54) is 32.2 Å². The number of thioether (sulfide) groups is 1. The highest BCUT2D eigenvalue weighted by atomic mass is 32.2. The SMILES string of the molecule is Cc1cnc(SCCNCC2CCCC2)nc1. The zero-order valence-corrected chi connectivity index (χ0v) is 11.3. The molecule has 0 amide bonds. The van der Waals surface area contributed by atoms with Crippen LogP contribution in [0.1, 0.15) is 31.2 Å². The lowest BCUT2D eigenvalue weighted by Crippen LogP contribution is -2.23. The average molecular weight is 251 g/mol. The summed E-state index contributed by atoms with van der Waals surface area (Å²) in [5, 5.41) is 4.42. The highest BCUT2D eigenvalue weighted by Gasteiger charge is 2.13. The van der Waals surface area contributed by atoms with Crippen molar-refractivity contribution in [1.82, 2.24) is 15.3 Å². The van der Waals surface area contributed by atoms with Crippen molar-refractivity contribution in [1.29, 1.82) is 0 Å². The van der Waals surface area contributed by atoms with E-state index in [4.69, 9.17) is 0 Å². The van der Waals surface area contributed by atoms with Gasteiger partial charge in [0.1, 0.15) is 0 Å². The van der Waals surface area contributed by atoms with Crippen LogP contribution in [-0.2, 0) is 0 Å². The standard InChI is InChI=1S/C13H21N3S/c1-11-8-15-13(16-9-11)17-7-6-14-10-12-4-2-3-5-12/h8-9,12,14H,2-7,10H2,1H3. The van der Waals surface area contributed by atoms with Gasteiger partial charge in [0, 0.05) is 24.7 Å². The molecular formula is C13H21N3S. The van der Waals surface area contributed by atoms with Crippen molar-refractivity contribution in [2.75, 3.05) is 18.8 Å². The Balaban J connectivity index is 1.55. The Morgan fingerprint density at radius 1 is 1.29 bits per heavy atom. The summed E-state index contributed by atoms with van der Waals surface area (Å²) in [6.07, 6.45) is 9.45. The summed E-state index contributed by atoms with van der Waals surface area (Å²) in [6, 6.07) is 0. The van der Waals surface area contributed by atoms with Crippen LogP contribution in [0.25, 0.3) is 0 Å². The monoisotopic (exact) mass is 251 g/mol. The highest BCUT2D eigenvalue weighted by molar-refractivity contribution is 7.99. The molecule has 94 valence electrons. The van der Waals surface area contributed by atoms with Crippen molar-refractivity contribution < 1.29 is 0 Å². The van der Waals surface area contributed by atoms with E-state index in [0.29, 0.717) is 0 Å². The Bertz CT molecular complexity index is 320. The summed E-state index contributed by atoms with van der Waals surface area (Å²) in [5.74, 6) is 1.98. The fraction of sp³-hybridized carbons (Fsp3) is 0.692. The molecule has 1 N–H and O–H groups in total. The maximum atomic E-state index is 4.28. The van der Waals surface area contributed by atoms with Crippen molar-refractivity contribution in [3.05, 3.63) is 18.0 Å². The van der Waals surface area contributed by atoms with Crippen molar-refractivity contribution in [3.63, 3.8) is 0 Å². The molecule has 4 heteroatoms. The van der Waals surface area contributed by atoms with Gasteiger partial charge >= 0.3 is 0 Å². The first-order chi connectivity index (χ1) is 8.34. The van der Waals surface area contributed by atoms with Gasteiger partial charge < -0.3 is 5.32 Å². The maximum Gasteiger partial charge on any atom is 0.187 e. The molecule has 0 atom stereocenters. The molecule has 0 radical (unpaired) electrons. The summed E-state index contributed by atoms with van der Waals surface area (Å²) in [7, 11) is 0. The van der Waals surface area contributed by atoms with Gasteiger partial charge in [-0.1, -0.05) is 24.6 Å². The summed E-state index contributed by atoms with van der Waals surface area (Å²) in [6.45, 7) is 4.26. The van der Waals surface area contributed by atoms with Crippen molar-refractivity contribution in [2.24, 2.45) is 5.92 Å². The van der Waals surface area contributed by atoms with Gasteiger partial charge in [0.2, 0.25) is 0 Å². The Hall–Kier alpha value is -0.610. The molecule has 1 heterocycles. The zero-order chi connectivity index (χ0) is 11.9. The number of hydrogen-bond donors (Lipinski definition) is 1. The van der Waals surface area contributed by atoms with Crippen molar-refractivity contribution >= 4 is 11.8 Å². The minimum Gasteiger partial charge on any atom is -0.316 e. The van der Waals surface area contributed by atoms with Gasteiger partial charge in [-0.15, -0.1) is 0 Å². The maximum absolute atomic E-state index is 4.28. The van der Waals surface area contributed by atoms with Crippen LogP contribution in [0.15, 0.2) is 17.6 Å². The van der Waals surface area contributed by atoms with E-state index in [9.17, 15) is 0 Å². The Labute approximate surface area is 108 Å². The van der Waals surface area contributed by atoms with Gasteiger partial charge in [-0.3, -0.25) is 0 Å². The van der Waals surface area contributed by atoms with Crippen LogP contribution in [0.5, 0.6) is 0 Å². The molecule has 2 rings (SSSR count). The first-order valence-corrected chi connectivity index (χ1v) is 7.45. The third kappa shape index (κ3) is 4.64. The van der Waals surface area contributed by atoms with E-state index < -0.39 is 0 Å². The fourth-order valence-electron chi connectivity index (χ4n) is 2.19. The lowest BCUT2D eigenvalue weighted by atomic mass is 10.1. The van der Waals surface area contributed by atoms with Gasteiger partial charge in [-0.2, -0.15) is 0 Å². The zero-order valence-electron chi connectivity index (χ0n) is 10.5. The van der Waals surface area contributed by atoms with Crippen LogP contribution in [0.2, 0.25) is 0 Å². The molecule has 0 unspecified atom stereocenters. The first-order valence-electron chi connectivity index (χ1n) is 6.47. The van der Waals surface area contributed by atoms with Crippen LogP contribution in [-0.4, -0.2) is 28.8 Å². The van der Waals surface area contributed by atoms with Crippen LogP contribution in [0.4, 0.5) is 0 Å². The number of rotatable bonds is 6. The molecule has 1 aromatic rings. The molecule has 0 saturated heterocycles. The number of hydrogen-bond acceptors (Lipinski definition) is 4. The predicted octanol–water partition coefficient (Wildman–Crippen LogP) is 2.66. The topological polar surface area (TPSA) is 37.8 Å². The number of aromatic nitrogens is 2. The third-order valence-electron chi connectivity index (χ3n) is 3.18. The molecule has 1 fully saturated rings. The molecule has 0 bridgehead atoms. The lowest BCUT2D eigenvalue weighted by Gasteiger charge is -2.09. The molecule has 3 nitrogen and oxygen atoms in total. The Kier molecular flexibility index (Phi) is 5.26. The van der Waals surface area contributed by atoms with Crippen LogP contribution < -0.4 is 5.32 Å². The van der Waals surface area contributed by atoms with Gasteiger partial charge in [0.15, 0.2) is 5.16 Å². The normalized spacial score (nSPS) is 16.5. The molecular weight excluding hydrogens is 230 g/mol. The van der Waals surface area contributed by atoms with E-state index in [0.717, 1.165) is 28.9 Å². The van der Waals surface area contributed by atoms with Crippen LogP contribution in [0.3, 0.4) is 0 Å². The van der Waals surface area contributed by atoms with Crippen LogP contribution in [0, 0.1) is 12.8 Å². The second-order valence-corrected chi connectivity index (χ2v) is 5.81. The Morgan fingerprint density at radius 2 is 2.00 bits per heavy atom.